The number of nitrogens with zero attached hydrogens (tertiary/aromatic N) is 2. The first-order valence-corrected chi connectivity index (χ1v) is 7.18. The van der Waals surface area contributed by atoms with E-state index in [4.69, 9.17) is 8.83 Å². The van der Waals surface area contributed by atoms with Gasteiger partial charge in [-0.05, 0) is 36.4 Å². The minimum atomic E-state index is -0.277. The Kier molecular flexibility index (Phi) is 3.70. The van der Waals surface area contributed by atoms with Crippen LogP contribution in [0.5, 0.6) is 0 Å². The van der Waals surface area contributed by atoms with E-state index in [9.17, 15) is 4.79 Å². The van der Waals surface area contributed by atoms with Crippen molar-refractivity contribution in [3.8, 4) is 11.5 Å². The number of carbonyl (C=O) groups is 1. The molecule has 0 amide bonds. The number of hydrogen-bond acceptors (Lipinski definition) is 6. The fraction of sp³-hybridized carbons (Fsp3) is 0. The van der Waals surface area contributed by atoms with Crippen LogP contribution in [0.2, 0.25) is 0 Å². The van der Waals surface area contributed by atoms with Crippen LogP contribution in [-0.2, 0) is 0 Å². The number of rotatable bonds is 3. The molecule has 20 heavy (non-hydrogen) atoms. The van der Waals surface area contributed by atoms with Gasteiger partial charge in [0.1, 0.15) is 0 Å². The number of aromatic nitrogens is 2. The van der Waals surface area contributed by atoms with Crippen LogP contribution in [0.15, 0.2) is 61.2 Å². The van der Waals surface area contributed by atoms with E-state index in [1.807, 2.05) is 24.3 Å². The highest BCUT2D eigenvalue weighted by Crippen LogP contribution is 2.26. The number of halogens is 1. The molecular weight excluding hydrogens is 344 g/mol. The molecule has 7 heteroatoms. The molecule has 0 saturated carbocycles. The van der Waals surface area contributed by atoms with Crippen molar-refractivity contribution < 1.29 is 13.6 Å². The molecule has 0 unspecified atom stereocenters. The third-order valence-corrected chi connectivity index (χ3v) is 3.65. The van der Waals surface area contributed by atoms with E-state index in [0.717, 1.165) is 21.8 Å². The van der Waals surface area contributed by atoms with Gasteiger partial charge in [0, 0.05) is 21.8 Å². The van der Waals surface area contributed by atoms with E-state index in [0.29, 0.717) is 5.89 Å². The zero-order chi connectivity index (χ0) is 13.9. The van der Waals surface area contributed by atoms with Crippen LogP contribution < -0.4 is 0 Å². The Morgan fingerprint density at radius 2 is 1.95 bits per heavy atom. The van der Waals surface area contributed by atoms with Crippen LogP contribution in [0.4, 0.5) is 0 Å². The van der Waals surface area contributed by atoms with Crippen molar-refractivity contribution in [1.82, 2.24) is 10.2 Å². The molecule has 2 heterocycles. The summed E-state index contributed by atoms with van der Waals surface area (Å²) in [6.45, 7) is 0. The van der Waals surface area contributed by atoms with E-state index in [1.54, 1.807) is 12.1 Å². The second-order valence-corrected chi connectivity index (χ2v) is 5.59. The summed E-state index contributed by atoms with van der Waals surface area (Å²) in [5.74, 6) is 0.616. The quantitative estimate of drug-likeness (QED) is 0.664. The zero-order valence-electron chi connectivity index (χ0n) is 9.95. The van der Waals surface area contributed by atoms with Crippen molar-refractivity contribution in [2.45, 2.75) is 5.22 Å². The number of hydrogen-bond donors (Lipinski definition) is 0. The van der Waals surface area contributed by atoms with Gasteiger partial charge in [0.05, 0.1) is 6.26 Å². The maximum absolute atomic E-state index is 11.8. The molecule has 0 bridgehead atoms. The Bertz CT molecular complexity index is 722. The van der Waals surface area contributed by atoms with Crippen molar-refractivity contribution in [3.63, 3.8) is 0 Å². The minimum Gasteiger partial charge on any atom is -0.460 e. The Morgan fingerprint density at radius 1 is 1.15 bits per heavy atom. The second kappa shape index (κ2) is 5.64. The van der Waals surface area contributed by atoms with Crippen molar-refractivity contribution in [1.29, 1.82) is 0 Å². The Balaban J connectivity index is 1.77. The predicted octanol–water partition coefficient (Wildman–Crippen LogP) is 4.02. The lowest BCUT2D eigenvalue weighted by Gasteiger charge is -1.94. The molecule has 3 rings (SSSR count). The summed E-state index contributed by atoms with van der Waals surface area (Å²) < 4.78 is 11.4. The highest BCUT2D eigenvalue weighted by Gasteiger charge is 2.16. The SMILES string of the molecule is O=C(Sc1nnc(-c2ccc(Br)cc2)o1)c1ccco1. The Hall–Kier alpha value is -1.86. The first kappa shape index (κ1) is 13.1. The van der Waals surface area contributed by atoms with Crippen LogP contribution in [-0.4, -0.2) is 15.3 Å². The van der Waals surface area contributed by atoms with Crippen LogP contribution in [0.3, 0.4) is 0 Å². The summed E-state index contributed by atoms with van der Waals surface area (Å²) in [5.41, 5.74) is 0.790. The highest BCUT2D eigenvalue weighted by atomic mass is 79.9. The van der Waals surface area contributed by atoms with Crippen molar-refractivity contribution in [2.24, 2.45) is 0 Å². The van der Waals surface area contributed by atoms with Gasteiger partial charge in [-0.2, -0.15) is 0 Å². The predicted molar refractivity (Wildman–Crippen MR) is 76.3 cm³/mol. The first-order valence-electron chi connectivity index (χ1n) is 5.57. The van der Waals surface area contributed by atoms with Crippen LogP contribution in [0.25, 0.3) is 11.5 Å². The molecule has 0 fully saturated rings. The highest BCUT2D eigenvalue weighted by molar-refractivity contribution is 9.10. The van der Waals surface area contributed by atoms with E-state index in [-0.39, 0.29) is 16.1 Å². The molecule has 100 valence electrons. The number of carbonyl (C=O) groups excluding carboxylic acids is 1. The molecule has 0 atom stereocenters. The van der Waals surface area contributed by atoms with E-state index >= 15 is 0 Å². The molecule has 2 aromatic heterocycles. The van der Waals surface area contributed by atoms with Gasteiger partial charge in [-0.15, -0.1) is 10.2 Å². The Labute approximate surface area is 126 Å². The molecule has 0 aliphatic heterocycles. The lowest BCUT2D eigenvalue weighted by Crippen LogP contribution is -1.89. The van der Waals surface area contributed by atoms with Gasteiger partial charge in [-0.3, -0.25) is 4.79 Å². The van der Waals surface area contributed by atoms with Crippen LogP contribution >= 0.6 is 27.7 Å². The van der Waals surface area contributed by atoms with Gasteiger partial charge in [0.2, 0.25) is 5.89 Å². The van der Waals surface area contributed by atoms with E-state index in [2.05, 4.69) is 26.1 Å². The number of furan rings is 1. The molecule has 0 N–H and O–H groups in total. The summed E-state index contributed by atoms with van der Waals surface area (Å²) in [4.78, 5) is 11.8. The molecule has 3 aromatic rings. The van der Waals surface area contributed by atoms with Crippen molar-refractivity contribution >= 4 is 32.8 Å². The van der Waals surface area contributed by atoms with Gasteiger partial charge in [0.25, 0.3) is 10.3 Å². The maximum atomic E-state index is 11.8. The summed E-state index contributed by atoms with van der Waals surface area (Å²) in [7, 11) is 0. The number of benzene rings is 1. The monoisotopic (exact) mass is 350 g/mol. The largest absolute Gasteiger partial charge is 0.460 e. The van der Waals surface area contributed by atoms with Crippen molar-refractivity contribution in [3.05, 3.63) is 52.9 Å². The third-order valence-electron chi connectivity index (χ3n) is 2.40. The van der Waals surface area contributed by atoms with Gasteiger partial charge >= 0.3 is 0 Å². The number of thioether (sulfide) groups is 1. The summed E-state index contributed by atoms with van der Waals surface area (Å²) in [5, 5.41) is 7.66. The lowest BCUT2D eigenvalue weighted by molar-refractivity contribution is 0.106. The zero-order valence-corrected chi connectivity index (χ0v) is 12.3. The average molecular weight is 351 g/mol. The molecule has 0 aliphatic carbocycles. The fourth-order valence-corrected chi connectivity index (χ4v) is 2.33. The fourth-order valence-electron chi connectivity index (χ4n) is 1.48. The third kappa shape index (κ3) is 2.83. The second-order valence-electron chi connectivity index (χ2n) is 3.75. The van der Waals surface area contributed by atoms with E-state index < -0.39 is 0 Å². The maximum Gasteiger partial charge on any atom is 0.284 e. The molecule has 0 spiro atoms. The smallest absolute Gasteiger partial charge is 0.284 e. The molecule has 0 aliphatic rings. The lowest BCUT2D eigenvalue weighted by atomic mass is 10.2. The van der Waals surface area contributed by atoms with Gasteiger partial charge < -0.3 is 8.83 Å². The van der Waals surface area contributed by atoms with Gasteiger partial charge in [0.15, 0.2) is 5.76 Å². The summed E-state index contributed by atoms with van der Waals surface area (Å²) >= 11 is 4.19. The Morgan fingerprint density at radius 3 is 2.65 bits per heavy atom. The first-order chi connectivity index (χ1) is 9.72. The van der Waals surface area contributed by atoms with E-state index in [1.165, 1.54) is 6.26 Å². The normalized spacial score (nSPS) is 10.7. The summed E-state index contributed by atoms with van der Waals surface area (Å²) in [6, 6.07) is 10.7. The van der Waals surface area contributed by atoms with Crippen LogP contribution in [0.1, 0.15) is 10.6 Å². The van der Waals surface area contributed by atoms with Gasteiger partial charge in [-0.1, -0.05) is 15.9 Å². The average Bonchev–Trinajstić information content (AvgIpc) is 3.10. The minimum absolute atomic E-state index is 0.185. The molecule has 0 saturated heterocycles. The van der Waals surface area contributed by atoms with Crippen LogP contribution in [0, 0.1) is 0 Å². The standard InChI is InChI=1S/C13H7BrN2O3S/c14-9-5-3-8(4-6-9)11-15-16-13(19-11)20-12(17)10-2-1-7-18-10/h1-7H. The van der Waals surface area contributed by atoms with Gasteiger partial charge in [-0.25, -0.2) is 0 Å². The molecule has 1 aromatic carbocycles. The molecular formula is C13H7BrN2O3S. The molecule has 0 radical (unpaired) electrons. The van der Waals surface area contributed by atoms with Crippen molar-refractivity contribution in [2.75, 3.05) is 0 Å². The molecule has 5 nitrogen and oxygen atoms in total. The topological polar surface area (TPSA) is 69.1 Å². The summed E-state index contributed by atoms with van der Waals surface area (Å²) in [6.07, 6.45) is 1.44.